The summed E-state index contributed by atoms with van der Waals surface area (Å²) in [5, 5.41) is 22.2. The Labute approximate surface area is 104 Å². The molecule has 7 heteroatoms. The molecule has 18 heavy (non-hydrogen) atoms. The molecule has 1 heterocycles. The third-order valence-corrected chi connectivity index (χ3v) is 2.06. The van der Waals surface area contributed by atoms with E-state index < -0.39 is 18.1 Å². The van der Waals surface area contributed by atoms with Crippen LogP contribution in [0.5, 0.6) is 0 Å². The highest BCUT2D eigenvalue weighted by Gasteiger charge is 2.08. The fourth-order valence-electron chi connectivity index (χ4n) is 1.22. The molecular weight excluding hydrogens is 238 g/mol. The van der Waals surface area contributed by atoms with Gasteiger partial charge in [0.1, 0.15) is 5.69 Å². The monoisotopic (exact) mass is 253 g/mol. The summed E-state index contributed by atoms with van der Waals surface area (Å²) in [5.74, 6) is -0.409. The van der Waals surface area contributed by atoms with E-state index in [1.807, 2.05) is 0 Å². The third-order valence-electron chi connectivity index (χ3n) is 2.06. The highest BCUT2D eigenvalue weighted by molar-refractivity contribution is 5.92. The molecule has 0 saturated heterocycles. The van der Waals surface area contributed by atoms with Gasteiger partial charge in [-0.25, -0.2) is 4.79 Å². The number of nitrogens with one attached hydrogen (secondary N) is 2. The van der Waals surface area contributed by atoms with Crippen LogP contribution in [0.3, 0.4) is 0 Å². The number of rotatable bonds is 5. The number of hydrogen-bond donors (Lipinski definition) is 4. The van der Waals surface area contributed by atoms with Crippen LogP contribution in [0.1, 0.15) is 23.0 Å². The van der Waals surface area contributed by atoms with Crippen LogP contribution < -0.4 is 10.6 Å². The highest BCUT2D eigenvalue weighted by atomic mass is 16.4. The number of hydrogen-bond acceptors (Lipinski definition) is 4. The van der Waals surface area contributed by atoms with Gasteiger partial charge in [-0.05, 0) is 24.6 Å². The Morgan fingerprint density at radius 3 is 2.78 bits per heavy atom. The number of carboxylic acid groups (broad SMARTS) is 1. The molecule has 2 amide bonds. The van der Waals surface area contributed by atoms with Crippen molar-refractivity contribution in [3.05, 3.63) is 29.6 Å². The SMILES string of the molecule is CC(O)CNC(=O)c1cc(CNC(=O)O)ccn1. The summed E-state index contributed by atoms with van der Waals surface area (Å²) in [5.41, 5.74) is 0.815. The van der Waals surface area contributed by atoms with Gasteiger partial charge in [-0.1, -0.05) is 0 Å². The molecule has 4 N–H and O–H groups in total. The Balaban J connectivity index is 2.63. The number of pyridine rings is 1. The molecule has 0 aliphatic rings. The van der Waals surface area contributed by atoms with E-state index in [9.17, 15) is 9.59 Å². The predicted octanol–water partition coefficient (Wildman–Crippen LogP) is -0.0402. The summed E-state index contributed by atoms with van der Waals surface area (Å²) in [7, 11) is 0. The number of amides is 2. The fourth-order valence-corrected chi connectivity index (χ4v) is 1.22. The van der Waals surface area contributed by atoms with Crippen molar-refractivity contribution in [3.8, 4) is 0 Å². The Morgan fingerprint density at radius 2 is 2.17 bits per heavy atom. The van der Waals surface area contributed by atoms with Crippen LogP contribution in [-0.4, -0.2) is 39.8 Å². The molecule has 1 unspecified atom stereocenters. The molecule has 0 fully saturated rings. The second-order valence-corrected chi connectivity index (χ2v) is 3.77. The molecule has 0 bridgehead atoms. The maximum Gasteiger partial charge on any atom is 0.404 e. The van der Waals surface area contributed by atoms with E-state index in [0.29, 0.717) is 5.56 Å². The van der Waals surface area contributed by atoms with Gasteiger partial charge in [-0.15, -0.1) is 0 Å². The maximum atomic E-state index is 11.6. The lowest BCUT2D eigenvalue weighted by Gasteiger charge is -2.07. The quantitative estimate of drug-likeness (QED) is 0.588. The van der Waals surface area contributed by atoms with Crippen molar-refractivity contribution in [2.45, 2.75) is 19.6 Å². The first-order valence-electron chi connectivity index (χ1n) is 5.37. The summed E-state index contributed by atoms with van der Waals surface area (Å²) in [4.78, 5) is 25.8. The Hall–Kier alpha value is -2.15. The van der Waals surface area contributed by atoms with Crippen molar-refractivity contribution < 1.29 is 19.8 Å². The van der Waals surface area contributed by atoms with Crippen LogP contribution in [0, 0.1) is 0 Å². The first kappa shape index (κ1) is 13.9. The van der Waals surface area contributed by atoms with Crippen LogP contribution in [0.25, 0.3) is 0 Å². The average Bonchev–Trinajstić information content (AvgIpc) is 2.33. The summed E-state index contributed by atoms with van der Waals surface area (Å²) in [6.07, 6.45) is -0.339. The number of aliphatic hydroxyl groups is 1. The standard InChI is InChI=1S/C11H15N3O4/c1-7(15)5-13-10(16)9-4-8(2-3-12-9)6-14-11(17)18/h2-4,7,14-15H,5-6H2,1H3,(H,13,16)(H,17,18). The Bertz CT molecular complexity index is 434. The summed E-state index contributed by atoms with van der Waals surface area (Å²) in [6.45, 7) is 1.80. The van der Waals surface area contributed by atoms with Crippen molar-refractivity contribution in [2.24, 2.45) is 0 Å². The summed E-state index contributed by atoms with van der Waals surface area (Å²) in [6, 6.07) is 3.11. The molecule has 0 aromatic carbocycles. The summed E-state index contributed by atoms with van der Waals surface area (Å²) < 4.78 is 0. The Morgan fingerprint density at radius 1 is 1.44 bits per heavy atom. The number of aliphatic hydroxyl groups excluding tert-OH is 1. The van der Waals surface area contributed by atoms with Gasteiger partial charge in [0.05, 0.1) is 6.10 Å². The first-order chi connectivity index (χ1) is 8.49. The van der Waals surface area contributed by atoms with Gasteiger partial charge in [0, 0.05) is 19.3 Å². The van der Waals surface area contributed by atoms with Gasteiger partial charge in [0.25, 0.3) is 5.91 Å². The van der Waals surface area contributed by atoms with Crippen LogP contribution in [0.4, 0.5) is 4.79 Å². The van der Waals surface area contributed by atoms with Crippen molar-refractivity contribution in [2.75, 3.05) is 6.54 Å². The van der Waals surface area contributed by atoms with E-state index in [4.69, 9.17) is 10.2 Å². The zero-order valence-electron chi connectivity index (χ0n) is 9.88. The molecule has 0 aliphatic carbocycles. The molecule has 1 atom stereocenters. The lowest BCUT2D eigenvalue weighted by molar-refractivity contribution is 0.0919. The maximum absolute atomic E-state index is 11.6. The number of nitrogens with zero attached hydrogens (tertiary/aromatic N) is 1. The highest BCUT2D eigenvalue weighted by Crippen LogP contribution is 2.01. The topological polar surface area (TPSA) is 112 Å². The summed E-state index contributed by atoms with van der Waals surface area (Å²) >= 11 is 0. The molecule has 7 nitrogen and oxygen atoms in total. The first-order valence-corrected chi connectivity index (χ1v) is 5.37. The van der Waals surface area contributed by atoms with E-state index in [1.165, 1.54) is 12.3 Å². The smallest absolute Gasteiger partial charge is 0.404 e. The van der Waals surface area contributed by atoms with E-state index in [0.717, 1.165) is 0 Å². The van der Waals surface area contributed by atoms with Gasteiger partial charge >= 0.3 is 6.09 Å². The minimum absolute atomic E-state index is 0.106. The molecule has 1 rings (SSSR count). The Kier molecular flexibility index (Phi) is 5.06. The number of aromatic nitrogens is 1. The van der Waals surface area contributed by atoms with Crippen molar-refractivity contribution in [3.63, 3.8) is 0 Å². The molecule has 1 aromatic heterocycles. The van der Waals surface area contributed by atoms with E-state index in [2.05, 4.69) is 15.6 Å². The second kappa shape index (κ2) is 6.55. The zero-order valence-corrected chi connectivity index (χ0v) is 9.88. The molecular formula is C11H15N3O4. The van der Waals surface area contributed by atoms with Crippen molar-refractivity contribution in [1.82, 2.24) is 15.6 Å². The molecule has 1 aromatic rings. The molecule has 0 radical (unpaired) electrons. The van der Waals surface area contributed by atoms with Crippen molar-refractivity contribution in [1.29, 1.82) is 0 Å². The van der Waals surface area contributed by atoms with E-state index in [-0.39, 0.29) is 18.8 Å². The lowest BCUT2D eigenvalue weighted by Crippen LogP contribution is -2.31. The van der Waals surface area contributed by atoms with Crippen LogP contribution >= 0.6 is 0 Å². The van der Waals surface area contributed by atoms with Gasteiger partial charge in [0.15, 0.2) is 0 Å². The van der Waals surface area contributed by atoms with Gasteiger partial charge < -0.3 is 20.8 Å². The fraction of sp³-hybridized carbons (Fsp3) is 0.364. The largest absolute Gasteiger partial charge is 0.465 e. The average molecular weight is 253 g/mol. The van der Waals surface area contributed by atoms with E-state index in [1.54, 1.807) is 13.0 Å². The van der Waals surface area contributed by atoms with Gasteiger partial charge in [-0.2, -0.15) is 0 Å². The molecule has 0 aliphatic heterocycles. The van der Waals surface area contributed by atoms with Gasteiger partial charge in [0.2, 0.25) is 0 Å². The number of carbonyl (C=O) groups is 2. The van der Waals surface area contributed by atoms with Crippen LogP contribution in [0.2, 0.25) is 0 Å². The van der Waals surface area contributed by atoms with E-state index >= 15 is 0 Å². The minimum Gasteiger partial charge on any atom is -0.465 e. The normalized spacial score (nSPS) is 11.7. The number of carbonyl (C=O) groups excluding carboxylic acids is 1. The van der Waals surface area contributed by atoms with Crippen LogP contribution in [-0.2, 0) is 6.54 Å². The predicted molar refractivity (Wildman–Crippen MR) is 63.1 cm³/mol. The molecule has 98 valence electrons. The van der Waals surface area contributed by atoms with Crippen molar-refractivity contribution >= 4 is 12.0 Å². The molecule has 0 spiro atoms. The third kappa shape index (κ3) is 4.79. The minimum atomic E-state index is -1.13. The second-order valence-electron chi connectivity index (χ2n) is 3.77. The zero-order chi connectivity index (χ0) is 13.5. The molecule has 0 saturated carbocycles. The lowest BCUT2D eigenvalue weighted by atomic mass is 10.2. The van der Waals surface area contributed by atoms with Crippen LogP contribution in [0.15, 0.2) is 18.3 Å². The van der Waals surface area contributed by atoms with Gasteiger partial charge in [-0.3, -0.25) is 9.78 Å².